The molecule has 1 heterocycles. The van der Waals surface area contributed by atoms with E-state index in [-0.39, 0.29) is 52.7 Å². The summed E-state index contributed by atoms with van der Waals surface area (Å²) in [4.78, 5) is 71.9. The van der Waals surface area contributed by atoms with Crippen LogP contribution in [-0.4, -0.2) is 95.3 Å². The Morgan fingerprint density at radius 1 is 0.732 bits per heavy atom. The van der Waals surface area contributed by atoms with Crippen LogP contribution in [0.3, 0.4) is 0 Å². The van der Waals surface area contributed by atoms with Crippen molar-refractivity contribution >= 4 is 37.1 Å². The standard InChI is InChI=1S/C11H13N5O2.2C3H7NO.3NO3.Nd/c1-8(17)15-12-6-10-4-3-5-11(14-10)7-13-16-9(2)18;2*1-4(2)3-5;3*2-1(3)4;/h3-7H,1-2H3,(H,15,17)(H,16,18);2*3H,1-2H3;;;;/q;;;3*-1;+3/b12-6+,13-7+;;;;;;. The summed E-state index contributed by atoms with van der Waals surface area (Å²) in [7, 11) is 6.75. The molecule has 0 fully saturated rings. The first kappa shape index (κ1) is 49.3. The quantitative estimate of drug-likeness (QED) is 0.149. The number of carbonyl (C=O) groups excluding carboxylic acids is 4. The Labute approximate surface area is 264 Å². The van der Waals surface area contributed by atoms with Crippen LogP contribution < -0.4 is 10.9 Å². The molecule has 0 bridgehead atoms. The zero-order valence-electron chi connectivity index (χ0n) is 22.4. The van der Waals surface area contributed by atoms with Gasteiger partial charge in [0.25, 0.3) is 0 Å². The largest absolute Gasteiger partial charge is 3.00 e. The van der Waals surface area contributed by atoms with Gasteiger partial charge in [0.2, 0.25) is 24.6 Å². The molecular formula is C17H27N10NdO13. The molecule has 1 rings (SSSR count). The SMILES string of the molecule is CC(=O)N/N=C/c1cccc(/C=N/NC(C)=O)n1.CN(C)C=O.CN(C)C=O.O=[N+]([O-])[O-].O=[N+]([O-])[O-].O=[N+]([O-])[O-].[Nd+3]. The maximum absolute atomic E-state index is 10.6. The van der Waals surface area contributed by atoms with Gasteiger partial charge in [-0.3, -0.25) is 19.2 Å². The fraction of sp³-hybridized carbons (Fsp3) is 0.353. The zero-order chi connectivity index (χ0) is 32.7. The summed E-state index contributed by atoms with van der Waals surface area (Å²) in [6.07, 6.45) is 4.33. The van der Waals surface area contributed by atoms with Gasteiger partial charge in [-0.15, -0.1) is 0 Å². The van der Waals surface area contributed by atoms with Crippen LogP contribution in [0.1, 0.15) is 25.2 Å². The molecule has 1 aromatic heterocycles. The Hall–Kier alpha value is -4.68. The van der Waals surface area contributed by atoms with E-state index in [1.54, 1.807) is 46.4 Å². The molecule has 0 unspecified atom stereocenters. The predicted molar refractivity (Wildman–Crippen MR) is 138 cm³/mol. The van der Waals surface area contributed by atoms with Crippen molar-refractivity contribution in [3.63, 3.8) is 0 Å². The predicted octanol–water partition coefficient (Wildman–Crippen LogP) is -1.29. The van der Waals surface area contributed by atoms with Crippen molar-refractivity contribution in [3.05, 3.63) is 75.6 Å². The molecule has 2 N–H and O–H groups in total. The van der Waals surface area contributed by atoms with E-state index in [4.69, 9.17) is 46.0 Å². The Kier molecular flexibility index (Phi) is 42.5. The molecule has 0 saturated heterocycles. The van der Waals surface area contributed by atoms with Crippen molar-refractivity contribution in [1.82, 2.24) is 25.6 Å². The molecule has 0 aliphatic carbocycles. The number of carbonyl (C=O) groups is 4. The number of rotatable bonds is 6. The monoisotopic (exact) mass is 721 g/mol. The molecule has 1 aromatic rings. The number of hydrazone groups is 2. The Bertz CT molecular complexity index is 869. The van der Waals surface area contributed by atoms with Gasteiger partial charge in [-0.05, 0) is 12.1 Å². The van der Waals surface area contributed by atoms with E-state index in [1.807, 2.05) is 0 Å². The van der Waals surface area contributed by atoms with E-state index in [0.717, 1.165) is 12.8 Å². The van der Waals surface area contributed by atoms with E-state index in [9.17, 15) is 19.2 Å². The number of nitrogens with one attached hydrogen (secondary N) is 2. The molecule has 4 amide bonds. The van der Waals surface area contributed by atoms with Crippen molar-refractivity contribution in [3.8, 4) is 0 Å². The number of aromatic nitrogens is 1. The van der Waals surface area contributed by atoms with Crippen molar-refractivity contribution in [1.29, 1.82) is 0 Å². The third-order valence-corrected chi connectivity index (χ3v) is 2.05. The first-order valence-electron chi connectivity index (χ1n) is 9.56. The van der Waals surface area contributed by atoms with Gasteiger partial charge in [0.15, 0.2) is 0 Å². The van der Waals surface area contributed by atoms with Gasteiger partial charge in [0.1, 0.15) is 0 Å². The van der Waals surface area contributed by atoms with Gasteiger partial charge >= 0.3 is 40.8 Å². The maximum Gasteiger partial charge on any atom is 3.00 e. The van der Waals surface area contributed by atoms with Crippen LogP contribution in [0.5, 0.6) is 0 Å². The Morgan fingerprint density at radius 3 is 1.12 bits per heavy atom. The van der Waals surface area contributed by atoms with E-state index in [2.05, 4.69) is 26.0 Å². The number of amides is 4. The fourth-order valence-electron chi connectivity index (χ4n) is 0.991. The van der Waals surface area contributed by atoms with Gasteiger partial charge in [-0.1, -0.05) is 6.07 Å². The summed E-state index contributed by atoms with van der Waals surface area (Å²) in [5.41, 5.74) is 5.67. The van der Waals surface area contributed by atoms with Crippen LogP contribution in [0.25, 0.3) is 0 Å². The smallest absolute Gasteiger partial charge is 0.356 e. The average molecular weight is 724 g/mol. The summed E-state index contributed by atoms with van der Waals surface area (Å²) in [5, 5.41) is 51.6. The third kappa shape index (κ3) is 86.3. The first-order chi connectivity index (χ1) is 18.3. The van der Waals surface area contributed by atoms with E-state index in [1.165, 1.54) is 36.1 Å². The molecule has 23 nitrogen and oxygen atoms in total. The molecule has 0 saturated carbocycles. The number of nitrogens with zero attached hydrogens (tertiary/aromatic N) is 8. The molecule has 227 valence electrons. The van der Waals surface area contributed by atoms with Crippen LogP contribution in [0.4, 0.5) is 0 Å². The maximum atomic E-state index is 10.6. The Morgan fingerprint density at radius 2 is 0.951 bits per heavy atom. The van der Waals surface area contributed by atoms with Crippen LogP contribution in [0, 0.1) is 86.8 Å². The van der Waals surface area contributed by atoms with E-state index in [0.29, 0.717) is 11.4 Å². The van der Waals surface area contributed by atoms with Gasteiger partial charge in [0, 0.05) is 42.0 Å². The molecular weight excluding hydrogens is 696 g/mol. The number of hydrogen-bond donors (Lipinski definition) is 2. The third-order valence-electron chi connectivity index (χ3n) is 2.05. The van der Waals surface area contributed by atoms with Crippen molar-refractivity contribution < 1.29 is 75.3 Å². The van der Waals surface area contributed by atoms with Gasteiger partial charge < -0.3 is 55.8 Å². The molecule has 0 aliphatic heterocycles. The molecule has 0 atom stereocenters. The zero-order valence-corrected chi connectivity index (χ0v) is 25.6. The van der Waals surface area contributed by atoms with Crippen LogP contribution in [-0.2, 0) is 19.2 Å². The van der Waals surface area contributed by atoms with Gasteiger partial charge in [-0.25, -0.2) is 15.8 Å². The minimum Gasteiger partial charge on any atom is -0.356 e. The second kappa shape index (κ2) is 35.3. The van der Waals surface area contributed by atoms with Crippen molar-refractivity contribution in [2.45, 2.75) is 13.8 Å². The average Bonchev–Trinajstić information content (AvgIpc) is 2.78. The van der Waals surface area contributed by atoms with Crippen molar-refractivity contribution in [2.24, 2.45) is 10.2 Å². The summed E-state index contributed by atoms with van der Waals surface area (Å²) in [6.45, 7) is 2.72. The molecule has 24 heteroatoms. The van der Waals surface area contributed by atoms with E-state index >= 15 is 0 Å². The molecule has 0 aliphatic rings. The minimum absolute atomic E-state index is 0. The fourth-order valence-corrected chi connectivity index (χ4v) is 0.991. The molecule has 0 spiro atoms. The van der Waals surface area contributed by atoms with E-state index < -0.39 is 15.3 Å². The number of hydrogen-bond acceptors (Lipinski definition) is 16. The number of pyridine rings is 1. The van der Waals surface area contributed by atoms with Gasteiger partial charge in [-0.2, -0.15) is 10.2 Å². The Balaban J connectivity index is -0.000000109. The molecule has 1 radical (unpaired) electrons. The minimum atomic E-state index is -1.75. The molecule has 41 heavy (non-hydrogen) atoms. The first-order valence-corrected chi connectivity index (χ1v) is 9.56. The van der Waals surface area contributed by atoms with Crippen LogP contribution in [0.2, 0.25) is 0 Å². The molecule has 0 aromatic carbocycles. The second-order valence-electron chi connectivity index (χ2n) is 6.15. The van der Waals surface area contributed by atoms with Crippen LogP contribution >= 0.6 is 0 Å². The topological polar surface area (TPSA) is 335 Å². The summed E-state index contributed by atoms with van der Waals surface area (Å²) in [6, 6.07) is 5.21. The van der Waals surface area contributed by atoms with Crippen LogP contribution in [0.15, 0.2) is 28.4 Å². The summed E-state index contributed by atoms with van der Waals surface area (Å²) < 4.78 is 0. The summed E-state index contributed by atoms with van der Waals surface area (Å²) in [5.74, 6) is -0.510. The second-order valence-corrected chi connectivity index (χ2v) is 6.15. The van der Waals surface area contributed by atoms with Crippen molar-refractivity contribution in [2.75, 3.05) is 28.2 Å². The normalized spacial score (nSPS) is 8.15. The van der Waals surface area contributed by atoms with Gasteiger partial charge in [0.05, 0.1) is 39.1 Å². The summed E-state index contributed by atoms with van der Waals surface area (Å²) >= 11 is 0.